The van der Waals surface area contributed by atoms with Crippen molar-refractivity contribution in [2.75, 3.05) is 23.2 Å². The van der Waals surface area contributed by atoms with E-state index in [2.05, 4.69) is 51.7 Å². The minimum absolute atomic E-state index is 0.0436. The number of ether oxygens (including phenoxy) is 2. The molecule has 0 saturated heterocycles. The Morgan fingerprint density at radius 1 is 0.600 bits per heavy atom. The van der Waals surface area contributed by atoms with Gasteiger partial charge in [0, 0.05) is 0 Å². The Morgan fingerprint density at radius 2 is 1.04 bits per heavy atom. The predicted molar refractivity (Wildman–Crippen MR) is 280 cm³/mol. The van der Waals surface area contributed by atoms with Crippen molar-refractivity contribution in [3.63, 3.8) is 0 Å². The van der Waals surface area contributed by atoms with E-state index in [4.69, 9.17) is 9.47 Å². The lowest BCUT2D eigenvalue weighted by Crippen LogP contribution is -2.30. The Labute approximate surface area is 416 Å². The first-order valence-corrected chi connectivity index (χ1v) is 27.2. The molecule has 0 saturated carbocycles. The highest BCUT2D eigenvalue weighted by Gasteiger charge is 2.38. The van der Waals surface area contributed by atoms with Crippen LogP contribution in [0.25, 0.3) is 6.08 Å². The predicted octanol–water partition coefficient (Wildman–Crippen LogP) is 12.0. The van der Waals surface area contributed by atoms with Crippen molar-refractivity contribution >= 4 is 60.9 Å². The smallest absolute Gasteiger partial charge is 0.294 e. The molecule has 0 aliphatic carbocycles. The molecule has 4 aromatic rings. The molecule has 14 nitrogen and oxygen atoms in total. The molecule has 4 aromatic carbocycles. The molecule has 16 heteroatoms. The van der Waals surface area contributed by atoms with Gasteiger partial charge in [-0.05, 0) is 108 Å². The minimum Gasteiger partial charge on any atom is -0.490 e. The van der Waals surface area contributed by atoms with Gasteiger partial charge in [0.2, 0.25) is 0 Å². The molecule has 2 N–H and O–H groups in total. The maximum atomic E-state index is 13.5. The minimum atomic E-state index is -4.47. The van der Waals surface area contributed by atoms with Gasteiger partial charge in [0.05, 0.1) is 44.1 Å². The van der Waals surface area contributed by atoms with Gasteiger partial charge in [-0.15, -0.1) is 0 Å². The number of hydrogen-bond donors (Lipinski definition) is 2. The summed E-state index contributed by atoms with van der Waals surface area (Å²) in [6.07, 6.45) is 10.2. The van der Waals surface area contributed by atoms with Gasteiger partial charge in [0.15, 0.2) is 0 Å². The summed E-state index contributed by atoms with van der Waals surface area (Å²) in [7, 11) is -8.92. The van der Waals surface area contributed by atoms with Crippen LogP contribution >= 0.6 is 0 Å². The van der Waals surface area contributed by atoms with Crippen molar-refractivity contribution in [2.45, 2.75) is 124 Å². The molecule has 1 atom stereocenters. The first kappa shape index (κ1) is 56.9. The fraction of sp³-hybridized carbons (Fsp3) is 0.444. The highest BCUT2D eigenvalue weighted by molar-refractivity contribution is 7.86. The number of carbonyl (C=O) groups is 2. The number of nitrogens with zero attached hydrogens (tertiary/aromatic N) is 4. The Hall–Kier alpha value is -5.68. The summed E-state index contributed by atoms with van der Waals surface area (Å²) in [5.74, 6) is 1.75. The average Bonchev–Trinajstić information content (AvgIpc) is 3.85. The summed E-state index contributed by atoms with van der Waals surface area (Å²) < 4.78 is 77.3. The van der Waals surface area contributed by atoms with Crippen molar-refractivity contribution in [1.29, 1.82) is 0 Å². The Kier molecular flexibility index (Phi) is 21.5. The molecule has 1 unspecified atom stereocenters. The summed E-state index contributed by atoms with van der Waals surface area (Å²) in [6, 6.07) is 25.4. The van der Waals surface area contributed by atoms with E-state index in [-0.39, 0.29) is 52.1 Å². The van der Waals surface area contributed by atoms with Crippen molar-refractivity contribution in [1.82, 2.24) is 0 Å². The first-order valence-electron chi connectivity index (χ1n) is 24.4. The highest BCUT2D eigenvalue weighted by Crippen LogP contribution is 2.32. The second kappa shape index (κ2) is 26.5. The maximum absolute atomic E-state index is 13.5. The van der Waals surface area contributed by atoms with Gasteiger partial charge in [0.1, 0.15) is 24.7 Å². The van der Waals surface area contributed by atoms with Crippen LogP contribution < -0.4 is 19.5 Å². The number of carbonyl (C=O) groups excluding carboxylic acids is 2. The van der Waals surface area contributed by atoms with Gasteiger partial charge in [0.25, 0.3) is 32.1 Å². The SMILES string of the molecule is CC(C)C1=NN(c2cccc(S(=O)(=O)O)c2)C(=O)C1=Cc1ccc(OCCOc2ccc(CC3C(=O)N(c4cccc(S(=O)(=O)O)c4)N=C3C(C)C)cc2)cc1.CCC(CC)CC.CCC(CC)CC. The molecular weight excluding hydrogens is 929 g/mol. The lowest BCUT2D eigenvalue weighted by molar-refractivity contribution is -0.119. The average molecular weight is 1000 g/mol. The summed E-state index contributed by atoms with van der Waals surface area (Å²) in [6.45, 7) is 21.8. The van der Waals surface area contributed by atoms with E-state index in [1.54, 1.807) is 36.4 Å². The quantitative estimate of drug-likeness (QED) is 0.0489. The van der Waals surface area contributed by atoms with E-state index < -0.39 is 32.1 Å². The van der Waals surface area contributed by atoms with E-state index in [1.165, 1.54) is 86.0 Å². The van der Waals surface area contributed by atoms with Crippen LogP contribution in [-0.4, -0.2) is 62.4 Å². The van der Waals surface area contributed by atoms with Crippen LogP contribution in [0.3, 0.4) is 0 Å². The zero-order chi connectivity index (χ0) is 51.8. The van der Waals surface area contributed by atoms with Crippen LogP contribution in [0, 0.1) is 29.6 Å². The lowest BCUT2D eigenvalue weighted by atomic mass is 9.89. The van der Waals surface area contributed by atoms with Gasteiger partial charge in [-0.1, -0.05) is 144 Å². The maximum Gasteiger partial charge on any atom is 0.294 e. The number of amides is 2. The second-order valence-corrected chi connectivity index (χ2v) is 20.8. The van der Waals surface area contributed by atoms with E-state index >= 15 is 0 Å². The zero-order valence-electron chi connectivity index (χ0n) is 42.3. The van der Waals surface area contributed by atoms with Gasteiger partial charge in [-0.2, -0.15) is 32.0 Å². The van der Waals surface area contributed by atoms with E-state index in [1.807, 2.05) is 52.0 Å². The molecule has 6 rings (SSSR count). The number of benzene rings is 4. The fourth-order valence-electron chi connectivity index (χ4n) is 7.96. The van der Waals surface area contributed by atoms with Crippen LogP contribution in [0.15, 0.2) is 123 Å². The Bertz CT molecular complexity index is 2650. The molecule has 0 radical (unpaired) electrons. The van der Waals surface area contributed by atoms with E-state index in [0.717, 1.165) is 28.0 Å². The number of hydrogen-bond acceptors (Lipinski definition) is 10. The summed E-state index contributed by atoms with van der Waals surface area (Å²) in [5, 5.41) is 11.3. The normalized spacial score (nSPS) is 15.6. The fourth-order valence-corrected chi connectivity index (χ4v) is 9.00. The second-order valence-electron chi connectivity index (χ2n) is 17.9. The van der Waals surface area contributed by atoms with Crippen LogP contribution in [0.1, 0.15) is 119 Å². The third kappa shape index (κ3) is 15.9. The molecule has 0 fully saturated rings. The van der Waals surface area contributed by atoms with Gasteiger partial charge < -0.3 is 9.47 Å². The van der Waals surface area contributed by atoms with Crippen molar-refractivity contribution in [3.05, 3.63) is 114 Å². The molecule has 380 valence electrons. The largest absolute Gasteiger partial charge is 0.490 e. The van der Waals surface area contributed by atoms with Crippen LogP contribution in [0.2, 0.25) is 0 Å². The molecule has 2 aliphatic heterocycles. The highest BCUT2D eigenvalue weighted by atomic mass is 32.2. The van der Waals surface area contributed by atoms with E-state index in [9.17, 15) is 35.5 Å². The van der Waals surface area contributed by atoms with Gasteiger partial charge >= 0.3 is 0 Å². The van der Waals surface area contributed by atoms with Crippen LogP contribution in [-0.2, 0) is 36.2 Å². The number of anilines is 2. The van der Waals surface area contributed by atoms with Crippen molar-refractivity contribution in [3.8, 4) is 11.5 Å². The first-order chi connectivity index (χ1) is 33.2. The molecule has 0 spiro atoms. The van der Waals surface area contributed by atoms with Gasteiger partial charge in [-0.25, -0.2) is 5.01 Å². The number of rotatable bonds is 20. The van der Waals surface area contributed by atoms with Crippen molar-refractivity contribution in [2.24, 2.45) is 39.8 Å². The zero-order valence-corrected chi connectivity index (χ0v) is 44.0. The van der Waals surface area contributed by atoms with Gasteiger partial charge in [-0.3, -0.25) is 18.7 Å². The lowest BCUT2D eigenvalue weighted by Gasteiger charge is -2.16. The third-order valence-corrected chi connectivity index (χ3v) is 14.2. The molecule has 2 heterocycles. The van der Waals surface area contributed by atoms with Crippen LogP contribution in [0.4, 0.5) is 11.4 Å². The summed E-state index contributed by atoms with van der Waals surface area (Å²) in [4.78, 5) is 26.3. The Balaban J connectivity index is 0.000000664. The standard InChI is InChI=1S/C40H40N4O10S2.2C7H16/c1-25(2)37-35(39(45)43(41-37)29-7-5-9-33(23-29)55(47,48)49)21-27-11-15-31(16-12-27)53-19-20-54-32-17-13-28(14-18-32)22-36-38(26(3)4)42-44(40(36)46)30-8-6-10-34(24-30)56(50,51)52;2*1-4-7(5-2)6-3/h5-18,21,23-26,36H,19-20,22H2,1-4H3,(H,47,48,49)(H,50,51,52);2*7H,4-6H2,1-3H3. The van der Waals surface area contributed by atoms with Crippen molar-refractivity contribution < 1.29 is 45.0 Å². The molecule has 2 aliphatic rings. The summed E-state index contributed by atoms with van der Waals surface area (Å²) >= 11 is 0. The molecule has 2 amide bonds. The summed E-state index contributed by atoms with van der Waals surface area (Å²) in [5.41, 5.74) is 3.64. The monoisotopic (exact) mass is 1000 g/mol. The van der Waals surface area contributed by atoms with Crippen LogP contribution in [0.5, 0.6) is 11.5 Å². The molecule has 70 heavy (non-hydrogen) atoms. The Morgan fingerprint density at radius 3 is 1.44 bits per heavy atom. The molecule has 0 bridgehead atoms. The third-order valence-electron chi connectivity index (χ3n) is 12.5. The number of hydrazone groups is 2. The van der Waals surface area contributed by atoms with E-state index in [0.29, 0.717) is 34.9 Å². The molecule has 0 aromatic heterocycles. The topological polar surface area (TPSA) is 193 Å². The molecular formula is C54H72N4O10S2.